The summed E-state index contributed by atoms with van der Waals surface area (Å²) in [6, 6.07) is 2.01. The van der Waals surface area contributed by atoms with Gasteiger partial charge in [0.05, 0.1) is 25.9 Å². The zero-order valence-electron chi connectivity index (χ0n) is 12.9. The minimum Gasteiger partial charge on any atom is -0.389 e. The van der Waals surface area contributed by atoms with Crippen LogP contribution in [0.1, 0.15) is 32.1 Å². The van der Waals surface area contributed by atoms with Gasteiger partial charge in [-0.1, -0.05) is 6.42 Å². The van der Waals surface area contributed by atoms with Crippen molar-refractivity contribution < 1.29 is 14.6 Å². The maximum absolute atomic E-state index is 9.90. The molecule has 0 saturated carbocycles. The fourth-order valence-electron chi connectivity index (χ4n) is 3.51. The molecule has 3 atom stereocenters. The normalized spacial score (nSPS) is 32.2. The summed E-state index contributed by atoms with van der Waals surface area (Å²) in [4.78, 5) is 2.56. The number of fused-ring (bicyclic) bond motifs is 2. The second-order valence-electron chi connectivity index (χ2n) is 6.20. The van der Waals surface area contributed by atoms with Gasteiger partial charge in [0.2, 0.25) is 0 Å². The van der Waals surface area contributed by atoms with E-state index in [1.807, 2.05) is 0 Å². The van der Waals surface area contributed by atoms with Crippen molar-refractivity contribution in [1.29, 1.82) is 0 Å². The Morgan fingerprint density at radius 1 is 1.25 bits per heavy atom. The fraction of sp³-hybridized carbons (Fsp3) is 1.00. The predicted molar refractivity (Wildman–Crippen MR) is 78.9 cm³/mol. The van der Waals surface area contributed by atoms with Crippen molar-refractivity contribution in [2.24, 2.45) is 0 Å². The predicted octanol–water partition coefficient (Wildman–Crippen LogP) is 0.615. The van der Waals surface area contributed by atoms with Gasteiger partial charge < -0.3 is 24.8 Å². The van der Waals surface area contributed by atoms with Gasteiger partial charge in [-0.05, 0) is 32.7 Å². The van der Waals surface area contributed by atoms with Crippen molar-refractivity contribution in [3.05, 3.63) is 0 Å². The maximum atomic E-state index is 9.90. The van der Waals surface area contributed by atoms with Crippen LogP contribution in [0.25, 0.3) is 0 Å². The lowest BCUT2D eigenvalue weighted by Crippen LogP contribution is -2.55. The minimum absolute atomic E-state index is 0.385. The van der Waals surface area contributed by atoms with Crippen LogP contribution in [0.3, 0.4) is 0 Å². The molecular formula is C15H30N2O3. The van der Waals surface area contributed by atoms with Crippen molar-refractivity contribution in [2.45, 2.75) is 56.3 Å². The highest BCUT2D eigenvalue weighted by atomic mass is 16.5. The summed E-state index contributed by atoms with van der Waals surface area (Å²) in [5, 5.41) is 13.4. The molecule has 20 heavy (non-hydrogen) atoms. The standard InChI is InChI=1S/C15H30N2O3/c1-17-13-4-3-5-14(17)9-12(8-13)16-10-15(18)11-20-7-6-19-2/h12-16,18H,3-11H2,1-2H3. The van der Waals surface area contributed by atoms with Gasteiger partial charge in [0.15, 0.2) is 0 Å². The highest BCUT2D eigenvalue weighted by molar-refractivity contribution is 4.93. The lowest BCUT2D eigenvalue weighted by molar-refractivity contribution is 0.00762. The Balaban J connectivity index is 1.62. The molecule has 0 aromatic carbocycles. The molecule has 5 heteroatoms. The van der Waals surface area contributed by atoms with Crippen LogP contribution in [0.4, 0.5) is 0 Å². The molecular weight excluding hydrogens is 256 g/mol. The Morgan fingerprint density at radius 2 is 1.95 bits per heavy atom. The quantitative estimate of drug-likeness (QED) is 0.641. The van der Waals surface area contributed by atoms with E-state index in [4.69, 9.17) is 9.47 Å². The number of piperidine rings is 2. The molecule has 0 aromatic rings. The first kappa shape index (κ1) is 16.2. The largest absolute Gasteiger partial charge is 0.389 e. The molecule has 118 valence electrons. The smallest absolute Gasteiger partial charge is 0.0897 e. The van der Waals surface area contributed by atoms with Crippen LogP contribution in [0.2, 0.25) is 0 Å². The van der Waals surface area contributed by atoms with E-state index in [1.54, 1.807) is 7.11 Å². The Kier molecular flexibility index (Phi) is 6.71. The summed E-state index contributed by atoms with van der Waals surface area (Å²) >= 11 is 0. The van der Waals surface area contributed by atoms with Crippen molar-refractivity contribution >= 4 is 0 Å². The van der Waals surface area contributed by atoms with Gasteiger partial charge in [-0.2, -0.15) is 0 Å². The molecule has 0 amide bonds. The second kappa shape index (κ2) is 8.29. The summed E-state index contributed by atoms with van der Waals surface area (Å²) in [7, 11) is 3.92. The van der Waals surface area contributed by atoms with Gasteiger partial charge in [0.1, 0.15) is 0 Å². The Bertz CT molecular complexity index is 264. The first-order chi connectivity index (χ1) is 9.70. The third-order valence-electron chi connectivity index (χ3n) is 4.72. The monoisotopic (exact) mass is 286 g/mol. The van der Waals surface area contributed by atoms with Gasteiger partial charge in [-0.25, -0.2) is 0 Å². The van der Waals surface area contributed by atoms with Crippen LogP contribution < -0.4 is 5.32 Å². The molecule has 0 spiro atoms. The van der Waals surface area contributed by atoms with Crippen molar-refractivity contribution in [3.63, 3.8) is 0 Å². The fourth-order valence-corrected chi connectivity index (χ4v) is 3.51. The molecule has 5 nitrogen and oxygen atoms in total. The minimum atomic E-state index is -0.425. The molecule has 0 radical (unpaired) electrons. The van der Waals surface area contributed by atoms with E-state index in [2.05, 4.69) is 17.3 Å². The highest BCUT2D eigenvalue weighted by Crippen LogP contribution is 2.32. The van der Waals surface area contributed by atoms with Gasteiger partial charge in [-0.3, -0.25) is 0 Å². The molecule has 2 fully saturated rings. The molecule has 2 aliphatic heterocycles. The maximum Gasteiger partial charge on any atom is 0.0897 e. The van der Waals surface area contributed by atoms with E-state index >= 15 is 0 Å². The lowest BCUT2D eigenvalue weighted by Gasteiger charge is -2.47. The molecule has 2 aliphatic rings. The first-order valence-corrected chi connectivity index (χ1v) is 7.90. The first-order valence-electron chi connectivity index (χ1n) is 7.90. The number of nitrogens with zero attached hydrogens (tertiary/aromatic N) is 1. The number of aliphatic hydroxyl groups is 1. The lowest BCUT2D eigenvalue weighted by atomic mass is 9.82. The van der Waals surface area contributed by atoms with Gasteiger partial charge in [-0.15, -0.1) is 0 Å². The summed E-state index contributed by atoms with van der Waals surface area (Å²) in [5.74, 6) is 0. The Labute approximate surface area is 122 Å². The van der Waals surface area contributed by atoms with Gasteiger partial charge >= 0.3 is 0 Å². The molecule has 2 bridgehead atoms. The van der Waals surface area contributed by atoms with Crippen molar-refractivity contribution in [1.82, 2.24) is 10.2 Å². The van der Waals surface area contributed by atoms with E-state index in [-0.39, 0.29) is 0 Å². The van der Waals surface area contributed by atoms with Gasteiger partial charge in [0, 0.05) is 31.8 Å². The highest BCUT2D eigenvalue weighted by Gasteiger charge is 2.35. The second-order valence-corrected chi connectivity index (χ2v) is 6.20. The summed E-state index contributed by atoms with van der Waals surface area (Å²) in [6.07, 6.45) is 6.03. The molecule has 3 unspecified atom stereocenters. The van der Waals surface area contributed by atoms with Crippen LogP contribution in [0.5, 0.6) is 0 Å². The number of nitrogens with one attached hydrogen (secondary N) is 1. The van der Waals surface area contributed by atoms with Crippen molar-refractivity contribution in [2.75, 3.05) is 40.5 Å². The molecule has 2 saturated heterocycles. The van der Waals surface area contributed by atoms with E-state index < -0.39 is 6.10 Å². The zero-order valence-corrected chi connectivity index (χ0v) is 12.9. The average Bonchev–Trinajstić information content (AvgIpc) is 2.42. The molecule has 2 heterocycles. The van der Waals surface area contributed by atoms with Crippen molar-refractivity contribution in [3.8, 4) is 0 Å². The van der Waals surface area contributed by atoms with Crippen LogP contribution in [0.15, 0.2) is 0 Å². The van der Waals surface area contributed by atoms with E-state index in [0.29, 0.717) is 32.4 Å². The number of rotatable bonds is 8. The number of hydrogen-bond donors (Lipinski definition) is 2. The number of methoxy groups -OCH3 is 1. The summed E-state index contributed by atoms with van der Waals surface area (Å²) < 4.78 is 10.2. The van der Waals surface area contributed by atoms with Crippen LogP contribution >= 0.6 is 0 Å². The average molecular weight is 286 g/mol. The van der Waals surface area contributed by atoms with E-state index in [1.165, 1.54) is 32.1 Å². The summed E-state index contributed by atoms with van der Waals surface area (Å²) in [6.45, 7) is 2.14. The van der Waals surface area contributed by atoms with E-state index in [9.17, 15) is 5.11 Å². The number of ether oxygens (including phenoxy) is 2. The third-order valence-corrected chi connectivity index (χ3v) is 4.72. The Morgan fingerprint density at radius 3 is 2.60 bits per heavy atom. The van der Waals surface area contributed by atoms with Crippen LogP contribution in [-0.4, -0.2) is 74.8 Å². The zero-order chi connectivity index (χ0) is 14.4. The summed E-state index contributed by atoms with van der Waals surface area (Å²) in [5.41, 5.74) is 0. The Hall–Kier alpha value is -0.200. The third kappa shape index (κ3) is 4.67. The SMILES string of the molecule is COCCOCC(O)CNC1CC2CCCC(C1)N2C. The molecule has 0 aliphatic carbocycles. The number of aliphatic hydroxyl groups excluding tert-OH is 1. The number of hydrogen-bond acceptors (Lipinski definition) is 5. The van der Waals surface area contributed by atoms with Crippen LogP contribution in [0, 0.1) is 0 Å². The molecule has 0 aromatic heterocycles. The van der Waals surface area contributed by atoms with Gasteiger partial charge in [0.25, 0.3) is 0 Å². The van der Waals surface area contributed by atoms with E-state index in [0.717, 1.165) is 12.1 Å². The molecule has 2 N–H and O–H groups in total. The van der Waals surface area contributed by atoms with Crippen LogP contribution in [-0.2, 0) is 9.47 Å². The molecule has 2 rings (SSSR count). The topological polar surface area (TPSA) is 54.0 Å².